The molecule has 1 fully saturated rings. The monoisotopic (exact) mass is 408 g/mol. The minimum absolute atomic E-state index is 0.0762. The van der Waals surface area contributed by atoms with Gasteiger partial charge in [-0.2, -0.15) is 13.2 Å². The van der Waals surface area contributed by atoms with Gasteiger partial charge in [0.25, 0.3) is 11.8 Å². The van der Waals surface area contributed by atoms with Crippen molar-refractivity contribution in [3.8, 4) is 5.75 Å². The lowest BCUT2D eigenvalue weighted by Crippen LogP contribution is -2.41. The third-order valence-corrected chi connectivity index (χ3v) is 4.26. The average Bonchev–Trinajstić information content (AvgIpc) is 2.72. The summed E-state index contributed by atoms with van der Waals surface area (Å²) in [5.41, 5.74) is -0.236. The lowest BCUT2D eigenvalue weighted by atomic mass is 10.1. The molecule has 0 atom stereocenters. The maximum Gasteiger partial charge on any atom is 0.416 e. The lowest BCUT2D eigenvalue weighted by molar-refractivity contribution is -0.137. The molecule has 1 heterocycles. The number of alkyl halides is 3. The second kappa shape index (κ2) is 8.95. The molecule has 6 nitrogen and oxygen atoms in total. The molecular formula is C20H19F3N2O4. The number of anilines is 1. The first-order valence-electron chi connectivity index (χ1n) is 8.90. The van der Waals surface area contributed by atoms with Gasteiger partial charge in [0.05, 0.1) is 30.0 Å². The van der Waals surface area contributed by atoms with Crippen molar-refractivity contribution in [1.82, 2.24) is 4.90 Å². The van der Waals surface area contributed by atoms with Gasteiger partial charge in [0.15, 0.2) is 6.61 Å². The van der Waals surface area contributed by atoms with E-state index in [-0.39, 0.29) is 11.7 Å². The van der Waals surface area contributed by atoms with Crippen LogP contribution in [0.5, 0.6) is 5.75 Å². The van der Waals surface area contributed by atoms with Crippen LogP contribution in [-0.2, 0) is 15.7 Å². The molecule has 0 aromatic heterocycles. The Morgan fingerprint density at radius 3 is 2.52 bits per heavy atom. The highest BCUT2D eigenvalue weighted by atomic mass is 19.4. The van der Waals surface area contributed by atoms with Crippen LogP contribution in [0.3, 0.4) is 0 Å². The minimum Gasteiger partial charge on any atom is -0.484 e. The summed E-state index contributed by atoms with van der Waals surface area (Å²) in [6.07, 6.45) is -4.50. The number of nitrogens with zero attached hydrogens (tertiary/aromatic N) is 1. The summed E-state index contributed by atoms with van der Waals surface area (Å²) in [5, 5.41) is 2.58. The Kier molecular flexibility index (Phi) is 6.38. The predicted molar refractivity (Wildman–Crippen MR) is 98.7 cm³/mol. The number of amides is 2. The summed E-state index contributed by atoms with van der Waals surface area (Å²) in [6.45, 7) is 1.32. The third-order valence-electron chi connectivity index (χ3n) is 4.26. The highest BCUT2D eigenvalue weighted by Gasteiger charge is 2.30. The largest absolute Gasteiger partial charge is 0.484 e. The van der Waals surface area contributed by atoms with Gasteiger partial charge in [-0.3, -0.25) is 9.59 Å². The van der Waals surface area contributed by atoms with Crippen molar-refractivity contribution in [3.05, 3.63) is 59.7 Å². The van der Waals surface area contributed by atoms with Crippen LogP contribution >= 0.6 is 0 Å². The minimum atomic E-state index is -4.50. The fourth-order valence-corrected chi connectivity index (χ4v) is 2.81. The van der Waals surface area contributed by atoms with E-state index in [9.17, 15) is 22.8 Å². The summed E-state index contributed by atoms with van der Waals surface area (Å²) in [7, 11) is 0. The van der Waals surface area contributed by atoms with Crippen LogP contribution in [0.4, 0.5) is 18.9 Å². The second-order valence-electron chi connectivity index (χ2n) is 6.31. The van der Waals surface area contributed by atoms with E-state index in [0.29, 0.717) is 37.6 Å². The summed E-state index contributed by atoms with van der Waals surface area (Å²) in [6, 6.07) is 10.8. The number of hydrogen-bond acceptors (Lipinski definition) is 4. The van der Waals surface area contributed by atoms with E-state index in [1.165, 1.54) is 12.1 Å². The number of carbonyl (C=O) groups is 2. The quantitative estimate of drug-likeness (QED) is 0.825. The number of morpholine rings is 1. The third kappa shape index (κ3) is 5.47. The summed E-state index contributed by atoms with van der Waals surface area (Å²) in [5.74, 6) is -0.903. The number of rotatable bonds is 5. The van der Waals surface area contributed by atoms with Gasteiger partial charge in [-0.1, -0.05) is 18.2 Å². The van der Waals surface area contributed by atoms with Crippen LogP contribution in [0.1, 0.15) is 15.9 Å². The molecule has 1 aliphatic heterocycles. The highest BCUT2D eigenvalue weighted by molar-refractivity contribution is 6.04. The van der Waals surface area contributed by atoms with Crippen LogP contribution in [0.2, 0.25) is 0 Å². The number of para-hydroxylation sites is 1. The van der Waals surface area contributed by atoms with E-state index in [1.807, 2.05) is 0 Å². The molecule has 2 aromatic rings. The Bertz CT molecular complexity index is 880. The SMILES string of the molecule is O=C(COc1cccc(C(F)(F)F)c1)Nc1ccccc1C(=O)N1CCOCC1. The Balaban J connectivity index is 1.63. The molecule has 0 radical (unpaired) electrons. The molecule has 29 heavy (non-hydrogen) atoms. The zero-order valence-electron chi connectivity index (χ0n) is 15.4. The van der Waals surface area contributed by atoms with Crippen molar-refractivity contribution in [2.24, 2.45) is 0 Å². The van der Waals surface area contributed by atoms with E-state index in [2.05, 4.69) is 5.32 Å². The molecule has 1 saturated heterocycles. The maximum atomic E-state index is 12.7. The molecule has 3 rings (SSSR count). The zero-order chi connectivity index (χ0) is 20.9. The van der Waals surface area contributed by atoms with Crippen LogP contribution < -0.4 is 10.1 Å². The van der Waals surface area contributed by atoms with Crippen molar-refractivity contribution in [2.45, 2.75) is 6.18 Å². The molecule has 154 valence electrons. The summed E-state index contributed by atoms with van der Waals surface area (Å²) >= 11 is 0. The maximum absolute atomic E-state index is 12.7. The zero-order valence-corrected chi connectivity index (χ0v) is 15.4. The molecule has 0 unspecified atom stereocenters. The number of benzene rings is 2. The number of nitrogens with one attached hydrogen (secondary N) is 1. The number of ether oxygens (including phenoxy) is 2. The lowest BCUT2D eigenvalue weighted by Gasteiger charge is -2.27. The Labute approximate surface area is 165 Å². The van der Waals surface area contributed by atoms with Gasteiger partial charge in [0.2, 0.25) is 0 Å². The molecule has 1 N–H and O–H groups in total. The first kappa shape index (κ1) is 20.7. The average molecular weight is 408 g/mol. The van der Waals surface area contributed by atoms with Gasteiger partial charge >= 0.3 is 6.18 Å². The van der Waals surface area contributed by atoms with Crippen LogP contribution in [0.15, 0.2) is 48.5 Å². The number of hydrogen-bond donors (Lipinski definition) is 1. The number of halogens is 3. The van der Waals surface area contributed by atoms with Crippen LogP contribution in [0, 0.1) is 0 Å². The fraction of sp³-hybridized carbons (Fsp3) is 0.300. The van der Waals surface area contributed by atoms with E-state index >= 15 is 0 Å². The van der Waals surface area contributed by atoms with Gasteiger partial charge in [0, 0.05) is 13.1 Å². The van der Waals surface area contributed by atoms with Gasteiger partial charge in [0.1, 0.15) is 5.75 Å². The standard InChI is InChI=1S/C20H19F3N2O4/c21-20(22,23)14-4-3-5-15(12-14)29-13-18(26)24-17-7-2-1-6-16(17)19(27)25-8-10-28-11-9-25/h1-7,12H,8-11,13H2,(H,24,26). The van der Waals surface area contributed by atoms with Crippen molar-refractivity contribution in [3.63, 3.8) is 0 Å². The van der Waals surface area contributed by atoms with Gasteiger partial charge < -0.3 is 19.7 Å². The van der Waals surface area contributed by atoms with E-state index < -0.39 is 24.3 Å². The second-order valence-corrected chi connectivity index (χ2v) is 6.31. The molecule has 0 saturated carbocycles. The normalized spacial score (nSPS) is 14.4. The summed E-state index contributed by atoms with van der Waals surface area (Å²) < 4.78 is 48.6. The van der Waals surface area contributed by atoms with Gasteiger partial charge in [-0.05, 0) is 30.3 Å². The van der Waals surface area contributed by atoms with E-state index in [4.69, 9.17) is 9.47 Å². The van der Waals surface area contributed by atoms with Gasteiger partial charge in [-0.15, -0.1) is 0 Å². The molecule has 0 aliphatic carbocycles. The molecule has 9 heteroatoms. The number of carbonyl (C=O) groups excluding carboxylic acids is 2. The first-order valence-corrected chi connectivity index (χ1v) is 8.90. The van der Waals surface area contributed by atoms with E-state index in [0.717, 1.165) is 12.1 Å². The van der Waals surface area contributed by atoms with E-state index in [1.54, 1.807) is 29.2 Å². The Morgan fingerprint density at radius 1 is 1.07 bits per heavy atom. The van der Waals surface area contributed by atoms with Crippen molar-refractivity contribution in [2.75, 3.05) is 38.2 Å². The van der Waals surface area contributed by atoms with Gasteiger partial charge in [-0.25, -0.2) is 0 Å². The molecular weight excluding hydrogens is 389 g/mol. The van der Waals surface area contributed by atoms with Crippen LogP contribution in [-0.4, -0.2) is 49.6 Å². The predicted octanol–water partition coefficient (Wildman–Crippen LogP) is 3.20. The molecule has 2 amide bonds. The smallest absolute Gasteiger partial charge is 0.416 e. The highest BCUT2D eigenvalue weighted by Crippen LogP contribution is 2.31. The molecule has 0 bridgehead atoms. The van der Waals surface area contributed by atoms with Crippen molar-refractivity contribution in [1.29, 1.82) is 0 Å². The van der Waals surface area contributed by atoms with Crippen LogP contribution in [0.25, 0.3) is 0 Å². The van der Waals surface area contributed by atoms with Crippen molar-refractivity contribution < 1.29 is 32.2 Å². The molecule has 1 aliphatic rings. The van der Waals surface area contributed by atoms with Crippen molar-refractivity contribution >= 4 is 17.5 Å². The molecule has 0 spiro atoms. The Hall–Kier alpha value is -3.07. The fourth-order valence-electron chi connectivity index (χ4n) is 2.81. The Morgan fingerprint density at radius 2 is 1.79 bits per heavy atom. The molecule has 2 aromatic carbocycles. The first-order chi connectivity index (χ1) is 13.8. The topological polar surface area (TPSA) is 67.9 Å². The summed E-state index contributed by atoms with van der Waals surface area (Å²) in [4.78, 5) is 26.5.